The number of rotatable bonds is 2. The van der Waals surface area contributed by atoms with E-state index in [0.717, 1.165) is 11.3 Å². The molecule has 0 atom stereocenters. The Hall–Kier alpha value is -1.62. The summed E-state index contributed by atoms with van der Waals surface area (Å²) in [6.07, 6.45) is 0. The van der Waals surface area contributed by atoms with Crippen LogP contribution in [-0.4, -0.2) is 17.1 Å². The molecule has 0 saturated heterocycles. The minimum atomic E-state index is 0.263. The molecule has 16 heavy (non-hydrogen) atoms. The second-order valence-electron chi connectivity index (χ2n) is 3.12. The van der Waals surface area contributed by atoms with E-state index >= 15 is 0 Å². The van der Waals surface area contributed by atoms with Crippen molar-refractivity contribution in [1.29, 1.82) is 0 Å². The van der Waals surface area contributed by atoms with Crippen LogP contribution in [0, 0.1) is 0 Å². The third-order valence-electron chi connectivity index (χ3n) is 2.09. The molecule has 0 aliphatic rings. The van der Waals surface area contributed by atoms with Gasteiger partial charge in [-0.2, -0.15) is 9.97 Å². The number of anilines is 1. The van der Waals surface area contributed by atoms with Gasteiger partial charge in [0.15, 0.2) is 0 Å². The SMILES string of the molecule is COc1nc(N)c(Br)c(-c2ccccc2)n1. The highest BCUT2D eigenvalue weighted by Crippen LogP contribution is 2.31. The molecule has 0 bridgehead atoms. The maximum Gasteiger partial charge on any atom is 0.318 e. The molecule has 0 saturated carbocycles. The number of aromatic nitrogens is 2. The fraction of sp³-hybridized carbons (Fsp3) is 0.0909. The van der Waals surface area contributed by atoms with Gasteiger partial charge in [-0.25, -0.2) is 0 Å². The van der Waals surface area contributed by atoms with Gasteiger partial charge in [0, 0.05) is 5.56 Å². The first-order valence-corrected chi connectivity index (χ1v) is 5.44. The van der Waals surface area contributed by atoms with Gasteiger partial charge in [0.25, 0.3) is 0 Å². The van der Waals surface area contributed by atoms with Crippen molar-refractivity contribution in [3.8, 4) is 17.3 Å². The van der Waals surface area contributed by atoms with E-state index in [0.29, 0.717) is 10.3 Å². The van der Waals surface area contributed by atoms with E-state index in [1.165, 1.54) is 7.11 Å². The molecule has 0 amide bonds. The molecule has 0 unspecified atom stereocenters. The van der Waals surface area contributed by atoms with Crippen LogP contribution in [0.1, 0.15) is 0 Å². The molecule has 2 aromatic rings. The Morgan fingerprint density at radius 3 is 2.50 bits per heavy atom. The monoisotopic (exact) mass is 279 g/mol. The summed E-state index contributed by atoms with van der Waals surface area (Å²) in [5, 5.41) is 0. The lowest BCUT2D eigenvalue weighted by molar-refractivity contribution is 0.381. The molecule has 0 fully saturated rings. The van der Waals surface area contributed by atoms with Crippen LogP contribution in [0.4, 0.5) is 5.82 Å². The van der Waals surface area contributed by atoms with Crippen LogP contribution in [0.15, 0.2) is 34.8 Å². The Labute approximate surface area is 102 Å². The van der Waals surface area contributed by atoms with Crippen molar-refractivity contribution < 1.29 is 4.74 Å². The first-order chi connectivity index (χ1) is 7.72. The Kier molecular flexibility index (Phi) is 3.05. The predicted octanol–water partition coefficient (Wildman–Crippen LogP) is 2.50. The van der Waals surface area contributed by atoms with Crippen molar-refractivity contribution in [2.75, 3.05) is 12.8 Å². The number of hydrogen-bond acceptors (Lipinski definition) is 4. The average molecular weight is 280 g/mol. The molecule has 2 N–H and O–H groups in total. The Morgan fingerprint density at radius 2 is 1.88 bits per heavy atom. The average Bonchev–Trinajstić information content (AvgIpc) is 2.33. The number of nitrogens with zero attached hydrogens (tertiary/aromatic N) is 2. The second kappa shape index (κ2) is 4.49. The zero-order valence-corrected chi connectivity index (χ0v) is 10.2. The molecule has 5 heteroatoms. The number of nitrogen functional groups attached to an aromatic ring is 1. The number of methoxy groups -OCH3 is 1. The van der Waals surface area contributed by atoms with Crippen molar-refractivity contribution in [2.45, 2.75) is 0 Å². The Bertz CT molecular complexity index is 502. The van der Waals surface area contributed by atoms with E-state index in [-0.39, 0.29) is 6.01 Å². The Morgan fingerprint density at radius 1 is 1.19 bits per heavy atom. The van der Waals surface area contributed by atoms with Gasteiger partial charge in [0.05, 0.1) is 17.3 Å². The summed E-state index contributed by atoms with van der Waals surface area (Å²) >= 11 is 3.37. The zero-order chi connectivity index (χ0) is 11.5. The van der Waals surface area contributed by atoms with Crippen LogP contribution >= 0.6 is 15.9 Å². The summed E-state index contributed by atoms with van der Waals surface area (Å²) in [4.78, 5) is 8.24. The van der Waals surface area contributed by atoms with Gasteiger partial charge in [-0.15, -0.1) is 0 Å². The summed E-state index contributed by atoms with van der Waals surface area (Å²) in [7, 11) is 1.51. The lowest BCUT2D eigenvalue weighted by Crippen LogP contribution is -2.00. The van der Waals surface area contributed by atoms with E-state index in [2.05, 4.69) is 25.9 Å². The quantitative estimate of drug-likeness (QED) is 0.918. The topological polar surface area (TPSA) is 61.0 Å². The summed E-state index contributed by atoms with van der Waals surface area (Å²) in [6, 6.07) is 9.98. The summed E-state index contributed by atoms with van der Waals surface area (Å²) < 4.78 is 5.67. The maximum atomic E-state index is 5.76. The van der Waals surface area contributed by atoms with Gasteiger partial charge in [-0.05, 0) is 15.9 Å². The Balaban J connectivity index is 2.60. The van der Waals surface area contributed by atoms with Gasteiger partial charge in [0.2, 0.25) is 0 Å². The summed E-state index contributed by atoms with van der Waals surface area (Å²) in [5.74, 6) is 0.366. The molecule has 1 aromatic heterocycles. The van der Waals surface area contributed by atoms with Gasteiger partial charge in [0.1, 0.15) is 5.82 Å². The van der Waals surface area contributed by atoms with Crippen molar-refractivity contribution in [3.05, 3.63) is 34.8 Å². The molecule has 1 aromatic carbocycles. The highest BCUT2D eigenvalue weighted by atomic mass is 79.9. The highest BCUT2D eigenvalue weighted by Gasteiger charge is 2.11. The van der Waals surface area contributed by atoms with Crippen LogP contribution < -0.4 is 10.5 Å². The fourth-order valence-electron chi connectivity index (χ4n) is 1.32. The van der Waals surface area contributed by atoms with E-state index in [9.17, 15) is 0 Å². The molecule has 2 rings (SSSR count). The normalized spacial score (nSPS) is 10.1. The number of hydrogen-bond donors (Lipinski definition) is 1. The molecule has 4 nitrogen and oxygen atoms in total. The number of halogens is 1. The molecular weight excluding hydrogens is 270 g/mol. The number of benzene rings is 1. The largest absolute Gasteiger partial charge is 0.467 e. The first-order valence-electron chi connectivity index (χ1n) is 4.65. The minimum Gasteiger partial charge on any atom is -0.467 e. The lowest BCUT2D eigenvalue weighted by Gasteiger charge is -2.07. The molecule has 82 valence electrons. The number of nitrogens with two attached hydrogens (primary N) is 1. The molecule has 0 aliphatic carbocycles. The van der Waals surface area contributed by atoms with E-state index in [4.69, 9.17) is 10.5 Å². The van der Waals surface area contributed by atoms with Crippen LogP contribution in [0.25, 0.3) is 11.3 Å². The minimum absolute atomic E-state index is 0.263. The molecule has 0 aliphatic heterocycles. The third-order valence-corrected chi connectivity index (χ3v) is 2.87. The molecule has 1 heterocycles. The van der Waals surface area contributed by atoms with E-state index in [1.54, 1.807) is 0 Å². The number of ether oxygens (including phenoxy) is 1. The summed E-state index contributed by atoms with van der Waals surface area (Å²) in [6.45, 7) is 0. The fourth-order valence-corrected chi connectivity index (χ4v) is 1.73. The van der Waals surface area contributed by atoms with Crippen LogP contribution in [-0.2, 0) is 0 Å². The third kappa shape index (κ3) is 1.99. The molecule has 0 spiro atoms. The standard InChI is InChI=1S/C11H10BrN3O/c1-16-11-14-9(8(12)10(13)15-11)7-5-3-2-4-6-7/h2-6H,1H3,(H2,13,14,15). The highest BCUT2D eigenvalue weighted by molar-refractivity contribution is 9.10. The second-order valence-corrected chi connectivity index (χ2v) is 3.92. The molecular formula is C11H10BrN3O. The van der Waals surface area contributed by atoms with Crippen LogP contribution in [0.3, 0.4) is 0 Å². The van der Waals surface area contributed by atoms with Crippen molar-refractivity contribution in [3.63, 3.8) is 0 Å². The predicted molar refractivity (Wildman–Crippen MR) is 66.1 cm³/mol. The van der Waals surface area contributed by atoms with Crippen LogP contribution in [0.5, 0.6) is 6.01 Å². The van der Waals surface area contributed by atoms with Crippen molar-refractivity contribution >= 4 is 21.7 Å². The zero-order valence-electron chi connectivity index (χ0n) is 8.64. The van der Waals surface area contributed by atoms with E-state index < -0.39 is 0 Å². The molecule has 0 radical (unpaired) electrons. The first kappa shape index (κ1) is 10.9. The lowest BCUT2D eigenvalue weighted by atomic mass is 10.1. The van der Waals surface area contributed by atoms with Crippen molar-refractivity contribution in [1.82, 2.24) is 9.97 Å². The van der Waals surface area contributed by atoms with Gasteiger partial charge >= 0.3 is 6.01 Å². The van der Waals surface area contributed by atoms with Crippen LogP contribution in [0.2, 0.25) is 0 Å². The summed E-state index contributed by atoms with van der Waals surface area (Å²) in [5.41, 5.74) is 7.44. The smallest absolute Gasteiger partial charge is 0.318 e. The van der Waals surface area contributed by atoms with Gasteiger partial charge < -0.3 is 10.5 Å². The van der Waals surface area contributed by atoms with Gasteiger partial charge in [-0.3, -0.25) is 0 Å². The van der Waals surface area contributed by atoms with Crippen molar-refractivity contribution in [2.24, 2.45) is 0 Å². The van der Waals surface area contributed by atoms with E-state index in [1.807, 2.05) is 30.3 Å². The maximum absolute atomic E-state index is 5.76. The van der Waals surface area contributed by atoms with Gasteiger partial charge in [-0.1, -0.05) is 30.3 Å².